The van der Waals surface area contributed by atoms with Gasteiger partial charge in [-0.1, -0.05) is 42.5 Å². The number of alkyl halides is 3. The topological polar surface area (TPSA) is 115 Å². The highest BCUT2D eigenvalue weighted by Crippen LogP contribution is 2.22. The number of halogens is 3. The van der Waals surface area contributed by atoms with Gasteiger partial charge in [0.15, 0.2) is 5.60 Å². The van der Waals surface area contributed by atoms with Gasteiger partial charge in [0, 0.05) is 19.5 Å². The van der Waals surface area contributed by atoms with Gasteiger partial charge in [-0.2, -0.15) is 13.2 Å². The van der Waals surface area contributed by atoms with Crippen LogP contribution in [0.4, 0.5) is 19.0 Å². The molecule has 39 heavy (non-hydrogen) atoms. The number of benzene rings is 2. The average molecular weight is 549 g/mol. The highest BCUT2D eigenvalue weighted by molar-refractivity contribution is 5.76. The first kappa shape index (κ1) is 29.5. The number of nitrogens with zero attached hydrogens (tertiary/aromatic N) is 3. The van der Waals surface area contributed by atoms with Gasteiger partial charge in [0.1, 0.15) is 5.75 Å². The number of nitrogens with one attached hydrogen (secondary N) is 1. The summed E-state index contributed by atoms with van der Waals surface area (Å²) in [7, 11) is 0. The Labute approximate surface area is 222 Å². The summed E-state index contributed by atoms with van der Waals surface area (Å²) < 4.78 is 45.4. The number of aryl methyl sites for hydroxylation is 2. The van der Waals surface area contributed by atoms with Crippen LogP contribution in [-0.4, -0.2) is 43.7 Å². The number of carboxylic acids is 1. The van der Waals surface area contributed by atoms with Crippen LogP contribution in [-0.2, 0) is 24.3 Å². The maximum absolute atomic E-state index is 13.1. The summed E-state index contributed by atoms with van der Waals surface area (Å²) in [6.07, 6.45) is -4.70. The molecule has 0 saturated carbocycles. The number of aromatic nitrogens is 3. The van der Waals surface area contributed by atoms with Crippen LogP contribution >= 0.6 is 0 Å². The number of rotatable bonds is 13. The predicted molar refractivity (Wildman–Crippen MR) is 139 cm³/mol. The van der Waals surface area contributed by atoms with E-state index in [1.54, 1.807) is 48.5 Å². The van der Waals surface area contributed by atoms with Gasteiger partial charge in [-0.05, 0) is 56.4 Å². The van der Waals surface area contributed by atoms with Crippen LogP contribution in [0.15, 0.2) is 64.2 Å². The van der Waals surface area contributed by atoms with E-state index in [1.165, 1.54) is 13.8 Å². The average Bonchev–Trinajstić information content (AvgIpc) is 2.86. The lowest BCUT2D eigenvalue weighted by molar-refractivity contribution is -0.152. The van der Waals surface area contributed by atoms with Gasteiger partial charge < -0.3 is 15.2 Å². The van der Waals surface area contributed by atoms with Gasteiger partial charge in [-0.15, -0.1) is 5.10 Å². The second-order valence-electron chi connectivity index (χ2n) is 9.55. The summed E-state index contributed by atoms with van der Waals surface area (Å²) in [5.41, 5.74) is -1.28. The van der Waals surface area contributed by atoms with E-state index >= 15 is 0 Å². The molecule has 0 spiro atoms. The second kappa shape index (κ2) is 12.6. The summed E-state index contributed by atoms with van der Waals surface area (Å²) >= 11 is 0. The van der Waals surface area contributed by atoms with Crippen molar-refractivity contribution in [2.45, 2.75) is 64.4 Å². The normalized spacial score (nSPS) is 11.8. The van der Waals surface area contributed by atoms with E-state index in [1.807, 2.05) is 6.07 Å². The largest absolute Gasteiger partial charge is 0.478 e. The summed E-state index contributed by atoms with van der Waals surface area (Å²) in [5.74, 6) is -0.815. The molecule has 0 aliphatic rings. The first-order valence-electron chi connectivity index (χ1n) is 12.4. The summed E-state index contributed by atoms with van der Waals surface area (Å²) in [6, 6.07) is 15.8. The van der Waals surface area contributed by atoms with Crippen molar-refractivity contribution in [3.05, 3.63) is 86.6 Å². The molecule has 3 aromatic rings. The van der Waals surface area contributed by atoms with Gasteiger partial charge in [0.05, 0.1) is 6.54 Å². The molecule has 0 fully saturated rings. The van der Waals surface area contributed by atoms with E-state index in [4.69, 9.17) is 4.74 Å². The van der Waals surface area contributed by atoms with Gasteiger partial charge >= 0.3 is 17.8 Å². The number of hydrogen-bond acceptors (Lipinski definition) is 6. The number of ether oxygens (including phenoxy) is 1. The van der Waals surface area contributed by atoms with E-state index < -0.39 is 35.4 Å². The third kappa shape index (κ3) is 8.72. The van der Waals surface area contributed by atoms with Gasteiger partial charge in [-0.3, -0.25) is 9.36 Å². The lowest BCUT2D eigenvalue weighted by Gasteiger charge is -2.21. The van der Waals surface area contributed by atoms with Crippen molar-refractivity contribution < 1.29 is 27.8 Å². The Balaban J connectivity index is 1.72. The molecule has 0 aliphatic heterocycles. The van der Waals surface area contributed by atoms with E-state index in [0.29, 0.717) is 30.7 Å². The number of carboxylic acid groups (broad SMARTS) is 1. The van der Waals surface area contributed by atoms with Crippen molar-refractivity contribution in [3.8, 4) is 5.75 Å². The third-order valence-electron chi connectivity index (χ3n) is 5.85. The van der Waals surface area contributed by atoms with Crippen molar-refractivity contribution in [2.75, 3.05) is 11.9 Å². The molecule has 0 amide bonds. The number of hydrogen-bond donors (Lipinski definition) is 2. The minimum absolute atomic E-state index is 0.0472. The molecule has 210 valence electrons. The fraction of sp³-hybridized carbons (Fsp3) is 0.407. The van der Waals surface area contributed by atoms with E-state index in [0.717, 1.165) is 14.8 Å². The van der Waals surface area contributed by atoms with Crippen LogP contribution in [0, 0.1) is 0 Å². The molecule has 12 heteroatoms. The SMILES string of the molecule is CC(C)(Oc1cccc(CCCNc2nn(CCCC(F)(F)F)c(=O)n(Cc3ccccc3)c2=O)c1)C(=O)O. The smallest absolute Gasteiger partial charge is 0.389 e. The van der Waals surface area contributed by atoms with Gasteiger partial charge in [0.2, 0.25) is 5.82 Å². The minimum atomic E-state index is -4.37. The molecule has 3 rings (SSSR count). The van der Waals surface area contributed by atoms with Crippen LogP contribution in [0.1, 0.15) is 44.2 Å². The Morgan fingerprint density at radius 1 is 1.03 bits per heavy atom. The molecule has 1 aromatic heterocycles. The molecular weight excluding hydrogens is 517 g/mol. The second-order valence-corrected chi connectivity index (χ2v) is 9.55. The number of anilines is 1. The maximum atomic E-state index is 13.1. The first-order chi connectivity index (χ1) is 18.4. The highest BCUT2D eigenvalue weighted by atomic mass is 19.4. The van der Waals surface area contributed by atoms with Gasteiger partial charge in [-0.25, -0.2) is 14.3 Å². The van der Waals surface area contributed by atoms with Crippen molar-refractivity contribution in [2.24, 2.45) is 0 Å². The van der Waals surface area contributed by atoms with Crippen LogP contribution in [0.3, 0.4) is 0 Å². The predicted octanol–water partition coefficient (Wildman–Crippen LogP) is 4.08. The molecule has 0 radical (unpaired) electrons. The van der Waals surface area contributed by atoms with Crippen LogP contribution in [0.2, 0.25) is 0 Å². The Morgan fingerprint density at radius 2 is 1.72 bits per heavy atom. The monoisotopic (exact) mass is 548 g/mol. The Kier molecular flexibility index (Phi) is 9.55. The third-order valence-corrected chi connectivity index (χ3v) is 5.85. The molecule has 0 unspecified atom stereocenters. The summed E-state index contributed by atoms with van der Waals surface area (Å²) in [6.45, 7) is 2.86. The van der Waals surface area contributed by atoms with Crippen LogP contribution in [0.25, 0.3) is 0 Å². The molecule has 1 heterocycles. The molecule has 0 saturated heterocycles. The highest BCUT2D eigenvalue weighted by Gasteiger charge is 2.29. The van der Waals surface area contributed by atoms with E-state index in [2.05, 4.69) is 10.4 Å². The van der Waals surface area contributed by atoms with E-state index in [-0.39, 0.29) is 25.3 Å². The lowest BCUT2D eigenvalue weighted by Crippen LogP contribution is -2.43. The minimum Gasteiger partial charge on any atom is -0.478 e. The molecule has 9 nitrogen and oxygen atoms in total. The zero-order valence-corrected chi connectivity index (χ0v) is 21.7. The quantitative estimate of drug-likeness (QED) is 0.309. The molecule has 2 N–H and O–H groups in total. The lowest BCUT2D eigenvalue weighted by atomic mass is 10.1. The fourth-order valence-corrected chi connectivity index (χ4v) is 3.75. The zero-order chi connectivity index (χ0) is 28.6. The molecule has 0 atom stereocenters. The van der Waals surface area contributed by atoms with Crippen LogP contribution < -0.4 is 21.3 Å². The number of aliphatic carboxylic acids is 1. The Bertz CT molecular complexity index is 1380. The van der Waals surface area contributed by atoms with Crippen molar-refractivity contribution >= 4 is 11.8 Å². The van der Waals surface area contributed by atoms with E-state index in [9.17, 15) is 32.7 Å². The van der Waals surface area contributed by atoms with Crippen LogP contribution in [0.5, 0.6) is 5.75 Å². The zero-order valence-electron chi connectivity index (χ0n) is 21.7. The molecule has 2 aromatic carbocycles. The molecule has 0 bridgehead atoms. The van der Waals surface area contributed by atoms with Crippen molar-refractivity contribution in [1.29, 1.82) is 0 Å². The van der Waals surface area contributed by atoms with Gasteiger partial charge in [0.25, 0.3) is 5.56 Å². The molecule has 0 aliphatic carbocycles. The fourth-order valence-electron chi connectivity index (χ4n) is 3.75. The van der Waals surface area contributed by atoms with Crippen molar-refractivity contribution in [1.82, 2.24) is 14.3 Å². The van der Waals surface area contributed by atoms with Crippen molar-refractivity contribution in [3.63, 3.8) is 0 Å². The summed E-state index contributed by atoms with van der Waals surface area (Å²) in [5, 5.41) is 16.2. The number of carbonyl (C=O) groups is 1. The maximum Gasteiger partial charge on any atom is 0.389 e. The molecular formula is C27H31F3N4O5. The summed E-state index contributed by atoms with van der Waals surface area (Å²) in [4.78, 5) is 37.3. The standard InChI is InChI=1S/C27H31F3N4O5/c1-26(2,24(36)37)39-21-13-6-11-19(17-21)12-7-15-31-22-23(35)33(18-20-9-4-3-5-10-20)25(38)34(32-22)16-8-14-27(28,29)30/h3-6,9-11,13,17H,7-8,12,14-16,18H2,1-2H3,(H,31,32)(H,36,37). The Morgan fingerprint density at radius 3 is 2.38 bits per heavy atom. The Hall–Kier alpha value is -4.09. The first-order valence-corrected chi connectivity index (χ1v) is 12.4.